The summed E-state index contributed by atoms with van der Waals surface area (Å²) < 4.78 is 0. The molecule has 2 aliphatic heterocycles. The highest BCUT2D eigenvalue weighted by molar-refractivity contribution is 5.33. The van der Waals surface area contributed by atoms with Gasteiger partial charge < -0.3 is 5.11 Å². The first-order valence-electron chi connectivity index (χ1n) is 13.0. The Hall–Kier alpha value is -0.640. The van der Waals surface area contributed by atoms with Gasteiger partial charge in [-0.1, -0.05) is 59.8 Å². The van der Waals surface area contributed by atoms with Crippen molar-refractivity contribution in [2.75, 3.05) is 0 Å². The summed E-state index contributed by atoms with van der Waals surface area (Å²) in [6.07, 6.45) is 17.0. The smallest absolute Gasteiger partial charge is 0.130 e. The molecule has 0 aromatic carbocycles. The topological polar surface area (TPSA) is 38.7 Å². The van der Waals surface area contributed by atoms with Crippen molar-refractivity contribution < 1.29 is 14.9 Å². The first-order valence-corrected chi connectivity index (χ1v) is 13.0. The van der Waals surface area contributed by atoms with Crippen LogP contribution in [-0.2, 0) is 9.78 Å². The molecule has 0 radical (unpaired) electrons. The van der Waals surface area contributed by atoms with Crippen molar-refractivity contribution in [3.8, 4) is 0 Å². The van der Waals surface area contributed by atoms with Gasteiger partial charge in [0.25, 0.3) is 0 Å². The fraction of sp³-hybridized carbons (Fsp3) is 0.857. The number of hydrogen-bond donors (Lipinski definition) is 1. The second-order valence-electron chi connectivity index (χ2n) is 12.7. The Morgan fingerprint density at radius 2 is 1.68 bits per heavy atom. The van der Waals surface area contributed by atoms with Crippen molar-refractivity contribution in [1.29, 1.82) is 0 Å². The Morgan fingerprint density at radius 1 is 0.903 bits per heavy atom. The van der Waals surface area contributed by atoms with Crippen LogP contribution in [0.15, 0.2) is 24.3 Å². The monoisotopic (exact) mass is 428 g/mol. The van der Waals surface area contributed by atoms with E-state index in [0.29, 0.717) is 41.9 Å². The van der Waals surface area contributed by atoms with Crippen molar-refractivity contribution in [3.05, 3.63) is 24.3 Å². The third-order valence-electron chi connectivity index (χ3n) is 11.1. The summed E-state index contributed by atoms with van der Waals surface area (Å²) in [4.78, 5) is 12.8. The molecule has 6 aliphatic rings. The maximum atomic E-state index is 10.4. The zero-order valence-electron chi connectivity index (χ0n) is 20.6. The first-order chi connectivity index (χ1) is 14.6. The predicted molar refractivity (Wildman–Crippen MR) is 124 cm³/mol. The lowest BCUT2D eigenvalue weighted by Crippen LogP contribution is -2.73. The Balaban J connectivity index is 1.45. The van der Waals surface area contributed by atoms with E-state index in [1.165, 1.54) is 25.7 Å². The molecule has 4 aliphatic carbocycles. The summed E-state index contributed by atoms with van der Waals surface area (Å²) >= 11 is 0. The van der Waals surface area contributed by atoms with E-state index in [4.69, 9.17) is 9.78 Å². The summed E-state index contributed by atoms with van der Waals surface area (Å²) in [6.45, 7) is 14.4. The van der Waals surface area contributed by atoms with Gasteiger partial charge >= 0.3 is 0 Å². The molecule has 0 unspecified atom stereocenters. The predicted octanol–water partition coefficient (Wildman–Crippen LogP) is 6.47. The Morgan fingerprint density at radius 3 is 2.35 bits per heavy atom. The highest BCUT2D eigenvalue weighted by Gasteiger charge is 2.74. The van der Waals surface area contributed by atoms with E-state index >= 15 is 0 Å². The first kappa shape index (κ1) is 22.2. The second-order valence-corrected chi connectivity index (χ2v) is 12.7. The van der Waals surface area contributed by atoms with Crippen LogP contribution < -0.4 is 0 Å². The van der Waals surface area contributed by atoms with Crippen molar-refractivity contribution in [1.82, 2.24) is 0 Å². The Bertz CT molecular complexity index is 772. The van der Waals surface area contributed by atoms with Crippen LogP contribution in [-0.4, -0.2) is 22.4 Å². The largest absolute Gasteiger partial charge is 0.393 e. The number of allylic oxidation sites excluding steroid dienone is 2. The van der Waals surface area contributed by atoms with Gasteiger partial charge in [-0.3, -0.25) is 0 Å². The molecule has 0 amide bonds. The maximum absolute atomic E-state index is 10.4. The van der Waals surface area contributed by atoms with E-state index in [1.807, 2.05) is 0 Å². The lowest BCUT2D eigenvalue weighted by Gasteiger charge is -2.69. The summed E-state index contributed by atoms with van der Waals surface area (Å²) in [7, 11) is 0. The average Bonchev–Trinajstić information content (AvgIpc) is 3.09. The third kappa shape index (κ3) is 2.88. The Kier molecular flexibility index (Phi) is 5.13. The van der Waals surface area contributed by atoms with E-state index < -0.39 is 5.60 Å². The van der Waals surface area contributed by atoms with Gasteiger partial charge in [-0.2, -0.15) is 0 Å². The zero-order valence-corrected chi connectivity index (χ0v) is 20.6. The molecule has 0 aromatic heterocycles. The highest BCUT2D eigenvalue weighted by atomic mass is 17.2. The van der Waals surface area contributed by atoms with Gasteiger partial charge in [-0.25, -0.2) is 9.78 Å². The van der Waals surface area contributed by atoms with E-state index in [1.54, 1.807) is 0 Å². The average molecular weight is 429 g/mol. The van der Waals surface area contributed by atoms with Gasteiger partial charge in [0.05, 0.1) is 6.10 Å². The molecule has 4 fully saturated rings. The number of hydrogen-bond acceptors (Lipinski definition) is 3. The van der Waals surface area contributed by atoms with E-state index in [2.05, 4.69) is 65.8 Å². The van der Waals surface area contributed by atoms with Gasteiger partial charge in [0.15, 0.2) is 0 Å². The van der Waals surface area contributed by atoms with Crippen LogP contribution in [0.1, 0.15) is 86.5 Å². The lowest BCUT2D eigenvalue weighted by molar-refractivity contribution is -0.497. The molecule has 6 rings (SSSR count). The minimum absolute atomic E-state index is 0.0663. The number of rotatable bonds is 4. The molecule has 10 atom stereocenters. The quantitative estimate of drug-likeness (QED) is 0.412. The van der Waals surface area contributed by atoms with Crippen LogP contribution in [0.3, 0.4) is 0 Å². The molecule has 2 heterocycles. The fourth-order valence-electron chi connectivity index (χ4n) is 8.71. The molecule has 3 saturated carbocycles. The van der Waals surface area contributed by atoms with Gasteiger partial charge in [-0.05, 0) is 73.7 Å². The summed E-state index contributed by atoms with van der Waals surface area (Å²) in [5.41, 5.74) is -0.366. The van der Waals surface area contributed by atoms with Crippen molar-refractivity contribution in [3.63, 3.8) is 0 Å². The van der Waals surface area contributed by atoms with Crippen molar-refractivity contribution in [2.45, 2.75) is 104 Å². The Labute approximate surface area is 189 Å². The van der Waals surface area contributed by atoms with Gasteiger partial charge in [0, 0.05) is 23.7 Å². The molecule has 1 saturated heterocycles. The van der Waals surface area contributed by atoms with E-state index in [0.717, 1.165) is 12.8 Å². The summed E-state index contributed by atoms with van der Waals surface area (Å²) in [5.74, 6) is 3.64. The number of fused-ring (bicyclic) bond motifs is 2. The zero-order chi connectivity index (χ0) is 22.2. The van der Waals surface area contributed by atoms with Crippen molar-refractivity contribution in [2.24, 2.45) is 46.3 Å². The SMILES string of the molecule is CC(C)[C@@H](C)C=C[C@@H](C)[C@H]1CC[C@@H]2[C@]1(C)CC[C@H]1[C@@]23C=C[C@]2(C[C@@H](O)CC[C@]12C)OO3. The maximum Gasteiger partial charge on any atom is 0.130 e. The van der Waals surface area contributed by atoms with E-state index in [9.17, 15) is 5.11 Å². The molecule has 0 aromatic rings. The molecule has 3 nitrogen and oxygen atoms in total. The molecular formula is C28H44O3. The normalized spacial score (nSPS) is 52.8. The standard InChI is InChI=1S/C28H44O3/c1-18(2)19(3)7-8-20(4)22-9-10-23-25(22,5)13-12-24-26(6)14-11-21(29)17-27(26)15-16-28(23,24)31-30-27/h7-8,15-16,18-24,29H,9-14,17H2,1-6H3/t19-,20+,21-,22+,23+,24+,25+,26+,27+,28+/m0/s1. The van der Waals surface area contributed by atoms with Crippen LogP contribution in [0.25, 0.3) is 0 Å². The molecule has 174 valence electrons. The van der Waals surface area contributed by atoms with Gasteiger partial charge in [-0.15, -0.1) is 0 Å². The minimum Gasteiger partial charge on any atom is -0.393 e. The molecule has 3 heteroatoms. The number of aliphatic hydroxyl groups excluding tert-OH is 1. The van der Waals surface area contributed by atoms with Gasteiger partial charge in [0.2, 0.25) is 0 Å². The third-order valence-corrected chi connectivity index (χ3v) is 11.1. The minimum atomic E-state index is -0.439. The second kappa shape index (κ2) is 7.18. The highest BCUT2D eigenvalue weighted by Crippen LogP contribution is 2.72. The molecular weight excluding hydrogens is 384 g/mol. The lowest BCUT2D eigenvalue weighted by atomic mass is 9.43. The number of aliphatic hydroxyl groups is 1. The molecule has 31 heavy (non-hydrogen) atoms. The molecule has 1 N–H and O–H groups in total. The molecule has 2 bridgehead atoms. The van der Waals surface area contributed by atoms with Crippen LogP contribution >= 0.6 is 0 Å². The van der Waals surface area contributed by atoms with Gasteiger partial charge in [0.1, 0.15) is 11.2 Å². The fourth-order valence-corrected chi connectivity index (χ4v) is 8.71. The summed E-state index contributed by atoms with van der Waals surface area (Å²) in [5, 5.41) is 10.4. The van der Waals surface area contributed by atoms with E-state index in [-0.39, 0.29) is 22.5 Å². The van der Waals surface area contributed by atoms with Crippen LogP contribution in [0.4, 0.5) is 0 Å². The summed E-state index contributed by atoms with van der Waals surface area (Å²) in [6, 6.07) is 0. The molecule has 2 spiro atoms. The van der Waals surface area contributed by atoms with Crippen molar-refractivity contribution >= 4 is 0 Å². The van der Waals surface area contributed by atoms with Crippen LogP contribution in [0.5, 0.6) is 0 Å². The van der Waals surface area contributed by atoms with Crippen LogP contribution in [0, 0.1) is 46.3 Å². The van der Waals surface area contributed by atoms with Crippen LogP contribution in [0.2, 0.25) is 0 Å².